The fourth-order valence-electron chi connectivity index (χ4n) is 2.00. The number of nitrogens with two attached hydrogens (primary N) is 1. The molecule has 2 heterocycles. The van der Waals surface area contributed by atoms with E-state index in [1.165, 1.54) is 0 Å². The molecule has 0 aliphatic carbocycles. The van der Waals surface area contributed by atoms with E-state index in [1.54, 1.807) is 13.3 Å². The number of anilines is 1. The van der Waals surface area contributed by atoms with Gasteiger partial charge in [-0.25, -0.2) is 4.98 Å². The van der Waals surface area contributed by atoms with Crippen LogP contribution in [0.4, 0.5) is 5.82 Å². The second-order valence-electron chi connectivity index (χ2n) is 3.87. The third-order valence-electron chi connectivity index (χ3n) is 2.89. The van der Waals surface area contributed by atoms with E-state index < -0.39 is 0 Å². The Labute approximate surface area is 90.0 Å². The summed E-state index contributed by atoms with van der Waals surface area (Å²) in [5.41, 5.74) is 5.67. The van der Waals surface area contributed by atoms with Gasteiger partial charge in [0.2, 0.25) is 0 Å². The molecule has 1 aromatic heterocycles. The summed E-state index contributed by atoms with van der Waals surface area (Å²) in [6.07, 6.45) is 2.95. The van der Waals surface area contributed by atoms with Gasteiger partial charge in [0.05, 0.1) is 7.11 Å². The van der Waals surface area contributed by atoms with Crippen LogP contribution in [-0.4, -0.2) is 31.7 Å². The Morgan fingerprint density at radius 3 is 3.20 bits per heavy atom. The van der Waals surface area contributed by atoms with Gasteiger partial charge < -0.3 is 15.4 Å². The third kappa shape index (κ3) is 2.04. The lowest BCUT2D eigenvalue weighted by Crippen LogP contribution is -2.23. The fraction of sp³-hybridized carbons (Fsp3) is 0.545. The summed E-state index contributed by atoms with van der Waals surface area (Å²) in [5.74, 6) is 2.38. The fourth-order valence-corrected chi connectivity index (χ4v) is 2.00. The summed E-state index contributed by atoms with van der Waals surface area (Å²) in [6.45, 7) is 2.77. The predicted octanol–water partition coefficient (Wildman–Crippen LogP) is 0.875. The van der Waals surface area contributed by atoms with Crippen LogP contribution in [0.2, 0.25) is 0 Å². The minimum absolute atomic E-state index is 0.594. The first kappa shape index (κ1) is 10.2. The summed E-state index contributed by atoms with van der Waals surface area (Å²) in [6, 6.07) is 3.83. The van der Waals surface area contributed by atoms with E-state index in [0.717, 1.165) is 37.6 Å². The van der Waals surface area contributed by atoms with Crippen molar-refractivity contribution in [3.05, 3.63) is 18.3 Å². The zero-order valence-corrected chi connectivity index (χ0v) is 9.02. The Hall–Kier alpha value is -1.29. The first-order chi connectivity index (χ1) is 7.35. The second kappa shape index (κ2) is 4.49. The lowest BCUT2D eigenvalue weighted by atomic mass is 10.1. The van der Waals surface area contributed by atoms with Gasteiger partial charge in [-0.05, 0) is 31.0 Å². The van der Waals surface area contributed by atoms with Gasteiger partial charge in [0.25, 0.3) is 0 Å². The van der Waals surface area contributed by atoms with Crippen molar-refractivity contribution >= 4 is 5.82 Å². The van der Waals surface area contributed by atoms with E-state index in [1.807, 2.05) is 12.1 Å². The molecular formula is C11H17N3O. The molecule has 1 aliphatic heterocycles. The van der Waals surface area contributed by atoms with Crippen LogP contribution in [0.3, 0.4) is 0 Å². The topological polar surface area (TPSA) is 51.4 Å². The molecule has 0 saturated carbocycles. The van der Waals surface area contributed by atoms with Gasteiger partial charge in [-0.15, -0.1) is 0 Å². The summed E-state index contributed by atoms with van der Waals surface area (Å²) < 4.78 is 5.29. The van der Waals surface area contributed by atoms with Crippen LogP contribution < -0.4 is 15.4 Å². The van der Waals surface area contributed by atoms with Crippen molar-refractivity contribution in [1.29, 1.82) is 0 Å². The third-order valence-corrected chi connectivity index (χ3v) is 2.89. The molecule has 1 aromatic rings. The van der Waals surface area contributed by atoms with Crippen molar-refractivity contribution in [1.82, 2.24) is 4.98 Å². The number of ether oxygens (including phenoxy) is 1. The van der Waals surface area contributed by atoms with E-state index in [2.05, 4.69) is 9.88 Å². The predicted molar refractivity (Wildman–Crippen MR) is 60.2 cm³/mol. The number of aromatic nitrogens is 1. The monoisotopic (exact) mass is 207 g/mol. The van der Waals surface area contributed by atoms with E-state index in [-0.39, 0.29) is 0 Å². The van der Waals surface area contributed by atoms with Gasteiger partial charge in [-0.3, -0.25) is 0 Å². The smallest absolute Gasteiger partial charge is 0.171 e. The standard InChI is InChI=1S/C11H17N3O/c1-15-10-3-2-5-13-11(10)14-6-4-9(7-12)8-14/h2-3,5,9H,4,6-8,12H2,1H3. The Balaban J connectivity index is 2.16. The molecule has 1 fully saturated rings. The quantitative estimate of drug-likeness (QED) is 0.799. The van der Waals surface area contributed by atoms with Crippen molar-refractivity contribution in [3.8, 4) is 5.75 Å². The molecule has 1 saturated heterocycles. The Kier molecular flexibility index (Phi) is 3.06. The summed E-state index contributed by atoms with van der Waals surface area (Å²) in [5, 5.41) is 0. The maximum absolute atomic E-state index is 5.67. The van der Waals surface area contributed by atoms with Crippen LogP contribution in [0.15, 0.2) is 18.3 Å². The maximum Gasteiger partial charge on any atom is 0.171 e. The number of hydrogen-bond donors (Lipinski definition) is 1. The van der Waals surface area contributed by atoms with Gasteiger partial charge in [0, 0.05) is 19.3 Å². The van der Waals surface area contributed by atoms with Crippen molar-refractivity contribution in [2.24, 2.45) is 11.7 Å². The summed E-state index contributed by atoms with van der Waals surface area (Å²) in [7, 11) is 1.68. The highest BCUT2D eigenvalue weighted by Crippen LogP contribution is 2.29. The first-order valence-corrected chi connectivity index (χ1v) is 5.29. The molecular weight excluding hydrogens is 190 g/mol. The molecule has 0 spiro atoms. The van der Waals surface area contributed by atoms with Crippen LogP contribution in [0, 0.1) is 5.92 Å². The zero-order chi connectivity index (χ0) is 10.7. The van der Waals surface area contributed by atoms with Gasteiger partial charge >= 0.3 is 0 Å². The number of pyridine rings is 1. The van der Waals surface area contributed by atoms with Crippen LogP contribution in [0.1, 0.15) is 6.42 Å². The Bertz CT molecular complexity index is 329. The Morgan fingerprint density at radius 1 is 1.67 bits per heavy atom. The lowest BCUT2D eigenvalue weighted by molar-refractivity contribution is 0.413. The van der Waals surface area contributed by atoms with Crippen molar-refractivity contribution in [3.63, 3.8) is 0 Å². The molecule has 1 atom stereocenters. The highest BCUT2D eigenvalue weighted by molar-refractivity contribution is 5.52. The molecule has 15 heavy (non-hydrogen) atoms. The molecule has 4 nitrogen and oxygen atoms in total. The van der Waals surface area contributed by atoms with Crippen molar-refractivity contribution in [2.75, 3.05) is 31.6 Å². The van der Waals surface area contributed by atoms with Crippen LogP contribution >= 0.6 is 0 Å². The lowest BCUT2D eigenvalue weighted by Gasteiger charge is -2.19. The normalized spacial score (nSPS) is 20.7. The molecule has 2 N–H and O–H groups in total. The summed E-state index contributed by atoms with van der Waals surface area (Å²) >= 11 is 0. The van der Waals surface area contributed by atoms with Gasteiger partial charge in [0.15, 0.2) is 11.6 Å². The van der Waals surface area contributed by atoms with Gasteiger partial charge in [-0.1, -0.05) is 0 Å². The molecule has 0 aromatic carbocycles. The molecule has 2 rings (SSSR count). The average molecular weight is 207 g/mol. The molecule has 4 heteroatoms. The average Bonchev–Trinajstić information content (AvgIpc) is 2.77. The number of nitrogens with zero attached hydrogens (tertiary/aromatic N) is 2. The highest BCUT2D eigenvalue weighted by atomic mass is 16.5. The van der Waals surface area contributed by atoms with Crippen molar-refractivity contribution < 1.29 is 4.74 Å². The molecule has 0 amide bonds. The maximum atomic E-state index is 5.67. The minimum Gasteiger partial charge on any atom is -0.493 e. The van der Waals surface area contributed by atoms with Crippen LogP contribution in [0.5, 0.6) is 5.75 Å². The van der Waals surface area contributed by atoms with E-state index in [4.69, 9.17) is 10.5 Å². The van der Waals surface area contributed by atoms with E-state index in [0.29, 0.717) is 5.92 Å². The second-order valence-corrected chi connectivity index (χ2v) is 3.87. The largest absolute Gasteiger partial charge is 0.493 e. The van der Waals surface area contributed by atoms with E-state index >= 15 is 0 Å². The van der Waals surface area contributed by atoms with Crippen LogP contribution in [0.25, 0.3) is 0 Å². The number of hydrogen-bond acceptors (Lipinski definition) is 4. The molecule has 1 aliphatic rings. The van der Waals surface area contributed by atoms with Gasteiger partial charge in [-0.2, -0.15) is 0 Å². The minimum atomic E-state index is 0.594. The Morgan fingerprint density at radius 2 is 2.53 bits per heavy atom. The first-order valence-electron chi connectivity index (χ1n) is 5.29. The zero-order valence-electron chi connectivity index (χ0n) is 9.02. The summed E-state index contributed by atoms with van der Waals surface area (Å²) in [4.78, 5) is 6.61. The van der Waals surface area contributed by atoms with Crippen LogP contribution in [-0.2, 0) is 0 Å². The van der Waals surface area contributed by atoms with E-state index in [9.17, 15) is 0 Å². The van der Waals surface area contributed by atoms with Gasteiger partial charge in [0.1, 0.15) is 0 Å². The highest BCUT2D eigenvalue weighted by Gasteiger charge is 2.24. The number of methoxy groups -OCH3 is 1. The molecule has 0 bridgehead atoms. The van der Waals surface area contributed by atoms with Crippen molar-refractivity contribution in [2.45, 2.75) is 6.42 Å². The molecule has 1 unspecified atom stereocenters. The number of rotatable bonds is 3. The molecule has 82 valence electrons. The SMILES string of the molecule is COc1cccnc1N1CCC(CN)C1. The molecule has 0 radical (unpaired) electrons.